The smallest absolute Gasteiger partial charge is 0.402 e. The van der Waals surface area contributed by atoms with E-state index in [4.69, 9.17) is 18.8 Å². The van der Waals surface area contributed by atoms with Crippen molar-refractivity contribution in [3.05, 3.63) is 0 Å². The van der Waals surface area contributed by atoms with Gasteiger partial charge in [0.1, 0.15) is 17.8 Å². The lowest BCUT2D eigenvalue weighted by Gasteiger charge is -2.59. The third-order valence-corrected chi connectivity index (χ3v) is 11.3. The molecule has 6 unspecified atom stereocenters. The lowest BCUT2D eigenvalue weighted by molar-refractivity contribution is -0.211. The third-order valence-electron chi connectivity index (χ3n) is 10.5. The number of fused-ring (bicyclic) bond motifs is 1. The number of hydrogen-bond donors (Lipinski definition) is 1. The SMILES string of the molecule is CC1(OC(=O)C2C3CC4C(OC(=O)C42)C3OC(=O)CCC(=O)OCC(F)(F)S(=O)(=O)O)C2CC3CC(C2)CC1C3. The Balaban J connectivity index is 1.07. The topological polar surface area (TPSA) is 160 Å². The van der Waals surface area contributed by atoms with Crippen LogP contribution < -0.4 is 0 Å². The van der Waals surface area contributed by atoms with Crippen molar-refractivity contribution in [2.24, 2.45) is 47.3 Å². The Hall–Kier alpha value is -2.35. The highest BCUT2D eigenvalue weighted by Gasteiger charge is 2.71. The molecule has 7 aliphatic rings. The van der Waals surface area contributed by atoms with Gasteiger partial charge in [-0.25, -0.2) is 0 Å². The molecule has 0 aromatic carbocycles. The van der Waals surface area contributed by atoms with Crippen molar-refractivity contribution in [1.29, 1.82) is 0 Å². The van der Waals surface area contributed by atoms with Crippen molar-refractivity contribution >= 4 is 34.0 Å². The third kappa shape index (κ3) is 4.40. The summed E-state index contributed by atoms with van der Waals surface area (Å²) in [6.07, 6.45) is 2.95. The van der Waals surface area contributed by atoms with Crippen LogP contribution in [0.4, 0.5) is 8.78 Å². The summed E-state index contributed by atoms with van der Waals surface area (Å²) < 4.78 is 77.7. The van der Waals surface area contributed by atoms with E-state index in [1.165, 1.54) is 6.42 Å². The van der Waals surface area contributed by atoms with E-state index >= 15 is 0 Å². The number of carbonyl (C=O) groups is 4. The highest BCUT2D eigenvalue weighted by Crippen LogP contribution is 2.62. The first kappa shape index (κ1) is 27.8. The van der Waals surface area contributed by atoms with Gasteiger partial charge in [-0.2, -0.15) is 17.2 Å². The van der Waals surface area contributed by atoms with Crippen LogP contribution >= 0.6 is 0 Å². The first-order valence-electron chi connectivity index (χ1n) is 13.8. The Morgan fingerprint density at radius 1 is 1.00 bits per heavy atom. The van der Waals surface area contributed by atoms with Crippen LogP contribution in [0.25, 0.3) is 0 Å². The van der Waals surface area contributed by atoms with E-state index in [9.17, 15) is 36.4 Å². The number of rotatable bonds is 9. The van der Waals surface area contributed by atoms with Crippen LogP contribution in [0.3, 0.4) is 0 Å². The molecule has 0 amide bonds. The predicted molar refractivity (Wildman–Crippen MR) is 127 cm³/mol. The molecule has 14 heteroatoms. The molecular weight excluding hydrogens is 558 g/mol. The van der Waals surface area contributed by atoms with E-state index in [2.05, 4.69) is 4.74 Å². The summed E-state index contributed by atoms with van der Waals surface area (Å²) in [5.41, 5.74) is -0.590. The lowest BCUT2D eigenvalue weighted by Crippen LogP contribution is -2.59. The molecule has 7 fully saturated rings. The average molecular weight is 591 g/mol. The molecule has 1 saturated heterocycles. The molecule has 6 bridgehead atoms. The maximum Gasteiger partial charge on any atom is 0.402 e. The molecule has 0 aromatic rings. The van der Waals surface area contributed by atoms with Gasteiger partial charge < -0.3 is 18.9 Å². The van der Waals surface area contributed by atoms with Crippen LogP contribution in [0.15, 0.2) is 0 Å². The molecule has 1 N–H and O–H groups in total. The minimum absolute atomic E-state index is 0.292. The van der Waals surface area contributed by atoms with Gasteiger partial charge in [0.05, 0.1) is 24.7 Å². The fraction of sp³-hybridized carbons (Fsp3) is 0.846. The minimum Gasteiger partial charge on any atom is -0.459 e. The molecule has 1 heterocycles. The normalized spacial score (nSPS) is 42.5. The Kier molecular flexibility index (Phi) is 6.49. The molecule has 6 saturated carbocycles. The highest BCUT2D eigenvalue weighted by atomic mass is 32.2. The van der Waals surface area contributed by atoms with E-state index in [-0.39, 0.29) is 5.92 Å². The zero-order valence-corrected chi connectivity index (χ0v) is 22.6. The second-order valence-corrected chi connectivity index (χ2v) is 14.2. The van der Waals surface area contributed by atoms with Gasteiger partial charge in [0.25, 0.3) is 0 Å². The molecule has 7 rings (SSSR count). The minimum atomic E-state index is -5.77. The quantitative estimate of drug-likeness (QED) is 0.238. The van der Waals surface area contributed by atoms with Crippen LogP contribution in [0.5, 0.6) is 0 Å². The number of carbonyl (C=O) groups excluding carboxylic acids is 4. The molecular formula is C26H32F2O11S. The summed E-state index contributed by atoms with van der Waals surface area (Å²) in [7, 11) is -5.77. The molecule has 6 aliphatic carbocycles. The lowest BCUT2D eigenvalue weighted by atomic mass is 9.50. The second-order valence-electron chi connectivity index (χ2n) is 12.7. The van der Waals surface area contributed by atoms with Crippen molar-refractivity contribution in [1.82, 2.24) is 0 Å². The molecule has 0 spiro atoms. The van der Waals surface area contributed by atoms with Crippen molar-refractivity contribution in [3.63, 3.8) is 0 Å². The summed E-state index contributed by atoms with van der Waals surface area (Å²) >= 11 is 0. The van der Waals surface area contributed by atoms with E-state index in [0.717, 1.165) is 25.7 Å². The summed E-state index contributed by atoms with van der Waals surface area (Å²) in [5, 5.41) is -4.69. The summed E-state index contributed by atoms with van der Waals surface area (Å²) in [5.74, 6) is -3.48. The predicted octanol–water partition coefficient (Wildman–Crippen LogP) is 2.27. The van der Waals surface area contributed by atoms with Gasteiger partial charge in [0.15, 0.2) is 6.61 Å². The Bertz CT molecular complexity index is 1200. The van der Waals surface area contributed by atoms with E-state index in [0.29, 0.717) is 30.1 Å². The molecule has 0 aromatic heterocycles. The maximum atomic E-state index is 13.7. The Morgan fingerprint density at radius 3 is 2.20 bits per heavy atom. The monoisotopic (exact) mass is 590 g/mol. The van der Waals surface area contributed by atoms with Crippen molar-refractivity contribution < 1.29 is 59.9 Å². The first-order valence-corrected chi connectivity index (χ1v) is 15.2. The van der Waals surface area contributed by atoms with Gasteiger partial charge in [-0.05, 0) is 69.1 Å². The summed E-state index contributed by atoms with van der Waals surface area (Å²) in [6.45, 7) is 0.112. The number of alkyl halides is 2. The fourth-order valence-electron chi connectivity index (χ4n) is 8.77. The van der Waals surface area contributed by atoms with E-state index < -0.39 is 94.3 Å². The van der Waals surface area contributed by atoms with Crippen molar-refractivity contribution in [2.75, 3.05) is 6.61 Å². The van der Waals surface area contributed by atoms with Gasteiger partial charge in [-0.15, -0.1) is 0 Å². The zero-order valence-electron chi connectivity index (χ0n) is 21.8. The second kappa shape index (κ2) is 9.33. The Morgan fingerprint density at radius 2 is 1.60 bits per heavy atom. The van der Waals surface area contributed by atoms with Crippen LogP contribution in [0, 0.1) is 47.3 Å². The van der Waals surface area contributed by atoms with Gasteiger partial charge in [0.2, 0.25) is 0 Å². The van der Waals surface area contributed by atoms with Crippen LogP contribution in [0.1, 0.15) is 58.3 Å². The fourth-order valence-corrected chi connectivity index (χ4v) is 8.97. The summed E-state index contributed by atoms with van der Waals surface area (Å²) in [4.78, 5) is 50.7. The van der Waals surface area contributed by atoms with Gasteiger partial charge >= 0.3 is 39.2 Å². The number of hydrogen-bond acceptors (Lipinski definition) is 10. The van der Waals surface area contributed by atoms with Gasteiger partial charge in [-0.3, -0.25) is 23.7 Å². The molecule has 40 heavy (non-hydrogen) atoms. The molecule has 11 nitrogen and oxygen atoms in total. The first-order chi connectivity index (χ1) is 18.7. The molecule has 222 valence electrons. The van der Waals surface area contributed by atoms with Crippen molar-refractivity contribution in [3.8, 4) is 0 Å². The number of esters is 4. The highest BCUT2D eigenvalue weighted by molar-refractivity contribution is 7.86. The summed E-state index contributed by atoms with van der Waals surface area (Å²) in [6, 6.07) is 0. The van der Waals surface area contributed by atoms with E-state index in [1.807, 2.05) is 6.92 Å². The van der Waals surface area contributed by atoms with Crippen LogP contribution in [-0.2, 0) is 48.2 Å². The average Bonchev–Trinajstić information content (AvgIpc) is 3.48. The molecule has 6 atom stereocenters. The largest absolute Gasteiger partial charge is 0.459 e. The van der Waals surface area contributed by atoms with Crippen LogP contribution in [-0.4, -0.2) is 66.5 Å². The maximum absolute atomic E-state index is 13.7. The number of halogens is 2. The Labute approximate surface area is 229 Å². The van der Waals surface area contributed by atoms with Gasteiger partial charge in [-0.1, -0.05) is 0 Å². The standard InChI is InChI=1S/C26H32F2O11S/c1-25(13-5-11-4-12(7-13)8-14(25)6-11)39-24(32)20-16-9-15-19(20)23(31)38-22(15)21(16)37-18(30)3-2-17(29)36-10-26(27,28)40(33,34)35/h11-16,19-22H,2-10H2,1H3,(H,33,34,35). The van der Waals surface area contributed by atoms with E-state index in [1.54, 1.807) is 0 Å². The van der Waals surface area contributed by atoms with Crippen molar-refractivity contribution in [2.45, 2.75) is 81.4 Å². The van der Waals surface area contributed by atoms with Crippen LogP contribution in [0.2, 0.25) is 0 Å². The molecule has 1 aliphatic heterocycles. The number of ether oxygens (including phenoxy) is 4. The zero-order chi connectivity index (χ0) is 28.8. The van der Waals surface area contributed by atoms with Gasteiger partial charge in [0, 0.05) is 11.8 Å². The molecule has 0 radical (unpaired) electrons.